The molecular weight excluding hydrogens is 324 g/mol. The number of amides is 1. The fourth-order valence-electron chi connectivity index (χ4n) is 3.13. The molecule has 1 aromatic carbocycles. The lowest BCUT2D eigenvalue weighted by Gasteiger charge is -2.26. The standard InChI is InChI=1S/C18H24N4O.ClH/c1-13-11-17(18(23)20-16-9-7-15(19)8-10-16)22(21-13)12-14-5-3-2-4-6-14;/h2-6,11,15-16H,7-10,12,19H2,1H3,(H,20,23);1H. The van der Waals surface area contributed by atoms with Crippen molar-refractivity contribution in [1.82, 2.24) is 15.1 Å². The van der Waals surface area contributed by atoms with Crippen LogP contribution in [0, 0.1) is 6.92 Å². The Labute approximate surface area is 149 Å². The predicted molar refractivity (Wildman–Crippen MR) is 97.5 cm³/mol. The molecule has 24 heavy (non-hydrogen) atoms. The van der Waals surface area contributed by atoms with Crippen LogP contribution in [0.4, 0.5) is 0 Å². The van der Waals surface area contributed by atoms with Crippen molar-refractivity contribution in [2.75, 3.05) is 0 Å². The van der Waals surface area contributed by atoms with Gasteiger partial charge in [-0.05, 0) is 44.2 Å². The van der Waals surface area contributed by atoms with Gasteiger partial charge in [0, 0.05) is 12.1 Å². The number of carbonyl (C=O) groups excluding carboxylic acids is 1. The molecule has 1 aliphatic rings. The van der Waals surface area contributed by atoms with E-state index in [4.69, 9.17) is 5.73 Å². The van der Waals surface area contributed by atoms with Gasteiger partial charge < -0.3 is 11.1 Å². The molecule has 0 spiro atoms. The smallest absolute Gasteiger partial charge is 0.269 e. The van der Waals surface area contributed by atoms with Gasteiger partial charge in [-0.25, -0.2) is 0 Å². The number of aryl methyl sites for hydroxylation is 1. The van der Waals surface area contributed by atoms with E-state index in [1.54, 1.807) is 4.68 Å². The van der Waals surface area contributed by atoms with Gasteiger partial charge in [0.25, 0.3) is 5.91 Å². The van der Waals surface area contributed by atoms with Crippen LogP contribution in [0.5, 0.6) is 0 Å². The van der Waals surface area contributed by atoms with Crippen LogP contribution in [0.15, 0.2) is 36.4 Å². The van der Waals surface area contributed by atoms with Gasteiger partial charge in [0.05, 0.1) is 12.2 Å². The average molecular weight is 349 g/mol. The third kappa shape index (κ3) is 4.58. The molecule has 0 saturated heterocycles. The fourth-order valence-corrected chi connectivity index (χ4v) is 3.13. The third-order valence-electron chi connectivity index (χ3n) is 4.42. The Kier molecular flexibility index (Phi) is 6.40. The van der Waals surface area contributed by atoms with Gasteiger partial charge in [-0.15, -0.1) is 12.4 Å². The van der Waals surface area contributed by atoms with Gasteiger partial charge in [-0.2, -0.15) is 5.10 Å². The van der Waals surface area contributed by atoms with Crippen LogP contribution in [-0.4, -0.2) is 27.8 Å². The molecule has 1 saturated carbocycles. The third-order valence-corrected chi connectivity index (χ3v) is 4.42. The van der Waals surface area contributed by atoms with Crippen LogP contribution in [0.3, 0.4) is 0 Å². The summed E-state index contributed by atoms with van der Waals surface area (Å²) in [5.41, 5.74) is 8.54. The maximum atomic E-state index is 12.6. The van der Waals surface area contributed by atoms with Crippen molar-refractivity contribution in [1.29, 1.82) is 0 Å². The molecule has 1 aromatic heterocycles. The number of hydrogen-bond donors (Lipinski definition) is 2. The Bertz CT molecular complexity index is 663. The highest BCUT2D eigenvalue weighted by Crippen LogP contribution is 2.18. The summed E-state index contributed by atoms with van der Waals surface area (Å²) in [5, 5.41) is 7.61. The first-order valence-electron chi connectivity index (χ1n) is 8.26. The number of halogens is 1. The minimum atomic E-state index is -0.0398. The van der Waals surface area contributed by atoms with Crippen molar-refractivity contribution in [3.63, 3.8) is 0 Å². The maximum absolute atomic E-state index is 12.6. The maximum Gasteiger partial charge on any atom is 0.269 e. The van der Waals surface area contributed by atoms with Crippen LogP contribution >= 0.6 is 12.4 Å². The van der Waals surface area contributed by atoms with Crippen molar-refractivity contribution >= 4 is 18.3 Å². The molecule has 1 aliphatic carbocycles. The Balaban J connectivity index is 0.00000208. The average Bonchev–Trinajstić information content (AvgIpc) is 2.91. The molecule has 6 heteroatoms. The monoisotopic (exact) mass is 348 g/mol. The number of nitrogens with two attached hydrogens (primary N) is 1. The van der Waals surface area contributed by atoms with Gasteiger partial charge >= 0.3 is 0 Å². The van der Waals surface area contributed by atoms with E-state index >= 15 is 0 Å². The van der Waals surface area contributed by atoms with Gasteiger partial charge in [0.1, 0.15) is 5.69 Å². The van der Waals surface area contributed by atoms with Crippen molar-refractivity contribution in [2.24, 2.45) is 5.73 Å². The molecule has 0 unspecified atom stereocenters. The zero-order chi connectivity index (χ0) is 16.2. The van der Waals surface area contributed by atoms with Crippen molar-refractivity contribution in [2.45, 2.75) is 51.2 Å². The topological polar surface area (TPSA) is 72.9 Å². The first-order chi connectivity index (χ1) is 11.1. The molecule has 3 rings (SSSR count). The summed E-state index contributed by atoms with van der Waals surface area (Å²) in [6.07, 6.45) is 3.87. The van der Waals surface area contributed by atoms with Gasteiger partial charge in [-0.3, -0.25) is 9.48 Å². The van der Waals surface area contributed by atoms with Crippen LogP contribution in [0.1, 0.15) is 47.4 Å². The molecule has 0 radical (unpaired) electrons. The van der Waals surface area contributed by atoms with Crippen LogP contribution in [0.25, 0.3) is 0 Å². The van der Waals surface area contributed by atoms with Gasteiger partial charge in [-0.1, -0.05) is 30.3 Å². The number of rotatable bonds is 4. The molecule has 1 amide bonds. The number of carbonyl (C=O) groups is 1. The van der Waals surface area contributed by atoms with Crippen molar-refractivity contribution in [3.05, 3.63) is 53.3 Å². The lowest BCUT2D eigenvalue weighted by molar-refractivity contribution is 0.0915. The number of benzene rings is 1. The number of nitrogens with one attached hydrogen (secondary N) is 1. The molecule has 0 aliphatic heterocycles. The quantitative estimate of drug-likeness (QED) is 0.892. The molecule has 2 aromatic rings. The Morgan fingerprint density at radius 3 is 2.58 bits per heavy atom. The summed E-state index contributed by atoms with van der Waals surface area (Å²) in [4.78, 5) is 12.6. The highest BCUT2D eigenvalue weighted by Gasteiger charge is 2.22. The van der Waals surface area contributed by atoms with E-state index in [9.17, 15) is 4.79 Å². The second kappa shape index (κ2) is 8.31. The number of hydrogen-bond acceptors (Lipinski definition) is 3. The summed E-state index contributed by atoms with van der Waals surface area (Å²) in [5.74, 6) is -0.0398. The summed E-state index contributed by atoms with van der Waals surface area (Å²) >= 11 is 0. The Morgan fingerprint density at radius 1 is 1.25 bits per heavy atom. The molecule has 3 N–H and O–H groups in total. The highest BCUT2D eigenvalue weighted by molar-refractivity contribution is 5.92. The number of aromatic nitrogens is 2. The molecule has 130 valence electrons. The highest BCUT2D eigenvalue weighted by atomic mass is 35.5. The Hall–Kier alpha value is -1.85. The Morgan fingerprint density at radius 2 is 1.92 bits per heavy atom. The number of nitrogens with zero attached hydrogens (tertiary/aromatic N) is 2. The summed E-state index contributed by atoms with van der Waals surface area (Å²) in [6, 6.07) is 12.4. The van der Waals surface area contributed by atoms with Crippen LogP contribution < -0.4 is 11.1 Å². The second-order valence-electron chi connectivity index (χ2n) is 6.40. The first-order valence-corrected chi connectivity index (χ1v) is 8.26. The molecule has 0 bridgehead atoms. The molecule has 0 atom stereocenters. The largest absolute Gasteiger partial charge is 0.348 e. The van der Waals surface area contributed by atoms with E-state index in [-0.39, 0.29) is 30.4 Å². The molecule has 1 fully saturated rings. The predicted octanol–water partition coefficient (Wildman–Crippen LogP) is 2.66. The lowest BCUT2D eigenvalue weighted by atomic mass is 9.92. The zero-order valence-corrected chi connectivity index (χ0v) is 14.8. The van der Waals surface area contributed by atoms with E-state index in [0.717, 1.165) is 36.9 Å². The van der Waals surface area contributed by atoms with Crippen molar-refractivity contribution in [3.8, 4) is 0 Å². The van der Waals surface area contributed by atoms with E-state index < -0.39 is 0 Å². The molecular formula is C18H25ClN4O. The summed E-state index contributed by atoms with van der Waals surface area (Å²) < 4.78 is 1.79. The SMILES string of the molecule is Cc1cc(C(=O)NC2CCC(N)CC2)n(Cc2ccccc2)n1.Cl. The summed E-state index contributed by atoms with van der Waals surface area (Å²) in [7, 11) is 0. The normalized spacial score (nSPS) is 20.2. The van der Waals surface area contributed by atoms with Gasteiger partial charge in [0.2, 0.25) is 0 Å². The summed E-state index contributed by atoms with van der Waals surface area (Å²) in [6.45, 7) is 2.52. The van der Waals surface area contributed by atoms with E-state index in [2.05, 4.69) is 10.4 Å². The van der Waals surface area contributed by atoms with E-state index in [1.165, 1.54) is 0 Å². The fraction of sp³-hybridized carbons (Fsp3) is 0.444. The zero-order valence-electron chi connectivity index (χ0n) is 13.9. The van der Waals surface area contributed by atoms with E-state index in [1.807, 2.05) is 43.3 Å². The van der Waals surface area contributed by atoms with Gasteiger partial charge in [0.15, 0.2) is 0 Å². The van der Waals surface area contributed by atoms with Crippen LogP contribution in [-0.2, 0) is 6.54 Å². The molecule has 1 heterocycles. The minimum Gasteiger partial charge on any atom is -0.348 e. The van der Waals surface area contributed by atoms with Crippen LogP contribution in [0.2, 0.25) is 0 Å². The van der Waals surface area contributed by atoms with E-state index in [0.29, 0.717) is 12.2 Å². The lowest BCUT2D eigenvalue weighted by Crippen LogP contribution is -2.41. The second-order valence-corrected chi connectivity index (χ2v) is 6.40. The van der Waals surface area contributed by atoms with Crippen molar-refractivity contribution < 1.29 is 4.79 Å². The first kappa shape index (κ1) is 18.5. The minimum absolute atomic E-state index is 0. The molecule has 5 nitrogen and oxygen atoms in total.